The van der Waals surface area contributed by atoms with Gasteiger partial charge in [-0.25, -0.2) is 4.79 Å². The van der Waals surface area contributed by atoms with Gasteiger partial charge in [0.05, 0.1) is 16.1 Å². The Hall–Kier alpha value is -4.01. The third kappa shape index (κ3) is 9.49. The Balaban J connectivity index is 1.35. The second kappa shape index (κ2) is 16.0. The minimum atomic E-state index is -1.13. The molecular formula is C34H36ClN3O4S. The summed E-state index contributed by atoms with van der Waals surface area (Å²) in [5.74, 6) is 0.509. The first kappa shape index (κ1) is 31.9. The lowest BCUT2D eigenvalue weighted by Gasteiger charge is -2.16. The predicted molar refractivity (Wildman–Crippen MR) is 174 cm³/mol. The number of halogens is 1. The third-order valence-electron chi connectivity index (χ3n) is 6.67. The van der Waals surface area contributed by atoms with Crippen molar-refractivity contribution in [2.75, 3.05) is 12.3 Å². The van der Waals surface area contributed by atoms with Crippen LogP contribution < -0.4 is 15.4 Å². The van der Waals surface area contributed by atoms with Crippen LogP contribution in [-0.4, -0.2) is 40.3 Å². The molecule has 0 spiro atoms. The molecule has 4 rings (SSSR count). The lowest BCUT2D eigenvalue weighted by atomic mass is 10.1. The molecule has 0 aliphatic carbocycles. The lowest BCUT2D eigenvalue weighted by Crippen LogP contribution is -2.42. The third-order valence-corrected chi connectivity index (χ3v) is 8.05. The van der Waals surface area contributed by atoms with Gasteiger partial charge in [0.1, 0.15) is 11.8 Å². The molecule has 0 bridgehead atoms. The van der Waals surface area contributed by atoms with Crippen molar-refractivity contribution in [1.82, 2.24) is 15.6 Å². The van der Waals surface area contributed by atoms with Gasteiger partial charge in [-0.15, -0.1) is 11.8 Å². The van der Waals surface area contributed by atoms with E-state index >= 15 is 0 Å². The molecule has 3 aromatic carbocycles. The van der Waals surface area contributed by atoms with E-state index in [9.17, 15) is 14.7 Å². The molecule has 0 saturated heterocycles. The molecule has 7 nitrogen and oxygen atoms in total. The number of nitrogens with one attached hydrogen (secondary N) is 2. The Morgan fingerprint density at radius 1 is 1.07 bits per heavy atom. The second-order valence-corrected chi connectivity index (χ2v) is 11.6. The molecule has 0 saturated carbocycles. The van der Waals surface area contributed by atoms with Gasteiger partial charge in [-0.2, -0.15) is 0 Å². The standard InChI is InChI=1S/C34H36ClN3O4S/c1-3-4-5-14-32(36-19-20-43-31-21-23(2)37-29-13-9-7-11-27(29)31)42-25-17-15-24(16-18-25)22-30(34(40)41)38-33(39)26-10-6-8-12-28(26)35/h6-18,21,30,36H,3-5,19-20,22H2,1-2H3,(H,38,39)(H,40,41)/b32-14-. The Kier molecular flexibility index (Phi) is 11.9. The van der Waals surface area contributed by atoms with Crippen LogP contribution in [0.15, 0.2) is 95.7 Å². The van der Waals surface area contributed by atoms with Crippen LogP contribution in [-0.2, 0) is 11.2 Å². The van der Waals surface area contributed by atoms with Gasteiger partial charge in [-0.3, -0.25) is 9.78 Å². The maximum Gasteiger partial charge on any atom is 0.326 e. The van der Waals surface area contributed by atoms with E-state index in [-0.39, 0.29) is 17.0 Å². The number of carbonyl (C=O) groups is 2. The van der Waals surface area contributed by atoms with Crippen molar-refractivity contribution in [3.63, 3.8) is 0 Å². The van der Waals surface area contributed by atoms with Crippen LogP contribution in [0, 0.1) is 6.92 Å². The van der Waals surface area contributed by atoms with Gasteiger partial charge in [0.2, 0.25) is 0 Å². The Labute approximate surface area is 261 Å². The number of amides is 1. The number of nitrogens with zero attached hydrogens (tertiary/aromatic N) is 1. The van der Waals surface area contributed by atoms with E-state index in [4.69, 9.17) is 16.3 Å². The van der Waals surface area contributed by atoms with Crippen LogP contribution in [0.2, 0.25) is 5.02 Å². The highest BCUT2D eigenvalue weighted by Gasteiger charge is 2.22. The van der Waals surface area contributed by atoms with Gasteiger partial charge in [0.25, 0.3) is 5.91 Å². The van der Waals surface area contributed by atoms with Crippen LogP contribution in [0.3, 0.4) is 0 Å². The smallest absolute Gasteiger partial charge is 0.326 e. The van der Waals surface area contributed by atoms with Crippen LogP contribution in [0.4, 0.5) is 0 Å². The number of benzene rings is 3. The largest absolute Gasteiger partial charge is 0.480 e. The zero-order valence-electron chi connectivity index (χ0n) is 24.3. The number of hydrogen-bond acceptors (Lipinski definition) is 6. The highest BCUT2D eigenvalue weighted by molar-refractivity contribution is 7.99. The van der Waals surface area contributed by atoms with E-state index in [2.05, 4.69) is 40.8 Å². The second-order valence-electron chi connectivity index (χ2n) is 10.1. The topological polar surface area (TPSA) is 101 Å². The average molecular weight is 618 g/mol. The number of ether oxygens (including phenoxy) is 1. The molecule has 4 aromatic rings. The molecule has 1 heterocycles. The van der Waals surface area contributed by atoms with Gasteiger partial charge in [-0.05, 0) is 67.8 Å². The number of rotatable bonds is 15. The van der Waals surface area contributed by atoms with Gasteiger partial charge >= 0.3 is 5.97 Å². The molecule has 0 aliphatic heterocycles. The highest BCUT2D eigenvalue weighted by Crippen LogP contribution is 2.27. The van der Waals surface area contributed by atoms with Crippen LogP contribution in [0.25, 0.3) is 10.9 Å². The summed E-state index contributed by atoms with van der Waals surface area (Å²) in [7, 11) is 0. The molecular weight excluding hydrogens is 582 g/mol. The summed E-state index contributed by atoms with van der Waals surface area (Å²) in [4.78, 5) is 30.4. The normalized spacial score (nSPS) is 12.1. The summed E-state index contributed by atoms with van der Waals surface area (Å²) in [6, 6.07) is 23.0. The number of aliphatic carboxylic acids is 1. The minimum absolute atomic E-state index is 0.115. The lowest BCUT2D eigenvalue weighted by molar-refractivity contribution is -0.139. The molecule has 43 heavy (non-hydrogen) atoms. The summed E-state index contributed by atoms with van der Waals surface area (Å²) >= 11 is 7.88. The molecule has 1 atom stereocenters. The minimum Gasteiger partial charge on any atom is -0.480 e. The molecule has 9 heteroatoms. The fourth-order valence-corrected chi connectivity index (χ4v) is 5.68. The molecule has 0 radical (unpaired) electrons. The SMILES string of the molecule is CCCC/C=C(/NCCSc1cc(C)nc2ccccc12)Oc1ccc(CC(NC(=O)c2ccccc2Cl)C(=O)O)cc1. The van der Waals surface area contributed by atoms with Gasteiger partial charge < -0.3 is 20.5 Å². The summed E-state index contributed by atoms with van der Waals surface area (Å²) in [5.41, 5.74) is 2.98. The molecule has 224 valence electrons. The monoisotopic (exact) mass is 617 g/mol. The summed E-state index contributed by atoms with van der Waals surface area (Å²) < 4.78 is 6.18. The maximum atomic E-state index is 12.6. The van der Waals surface area contributed by atoms with E-state index < -0.39 is 17.9 Å². The fourth-order valence-electron chi connectivity index (χ4n) is 4.45. The molecule has 3 N–H and O–H groups in total. The number of carboxylic acids is 1. The number of carboxylic acid groups (broad SMARTS) is 1. The number of allylic oxidation sites excluding steroid dienone is 1. The quantitative estimate of drug-likeness (QED) is 0.0725. The zero-order valence-corrected chi connectivity index (χ0v) is 25.9. The van der Waals surface area contributed by atoms with E-state index in [1.165, 1.54) is 4.90 Å². The first-order chi connectivity index (χ1) is 20.8. The number of pyridine rings is 1. The Morgan fingerprint density at radius 2 is 1.81 bits per heavy atom. The predicted octanol–water partition coefficient (Wildman–Crippen LogP) is 7.41. The first-order valence-corrected chi connectivity index (χ1v) is 15.7. The van der Waals surface area contributed by atoms with Crippen molar-refractivity contribution < 1.29 is 19.4 Å². The molecule has 0 aliphatic rings. The maximum absolute atomic E-state index is 12.6. The van der Waals surface area contributed by atoms with E-state index in [0.29, 0.717) is 18.2 Å². The number of fused-ring (bicyclic) bond motifs is 1. The van der Waals surface area contributed by atoms with Crippen molar-refractivity contribution in [3.05, 3.63) is 113 Å². The number of carbonyl (C=O) groups excluding carboxylic acids is 1. The molecule has 1 unspecified atom stereocenters. The van der Waals surface area contributed by atoms with E-state index in [1.807, 2.05) is 37.3 Å². The van der Waals surface area contributed by atoms with Crippen molar-refractivity contribution >= 4 is 46.1 Å². The highest BCUT2D eigenvalue weighted by atomic mass is 35.5. The van der Waals surface area contributed by atoms with Gasteiger partial charge in [0.15, 0.2) is 5.88 Å². The van der Waals surface area contributed by atoms with Crippen molar-refractivity contribution in [2.45, 2.75) is 50.5 Å². The Bertz CT molecular complexity index is 1580. The molecule has 1 aromatic heterocycles. The summed E-state index contributed by atoms with van der Waals surface area (Å²) in [6.45, 7) is 4.88. The number of thioether (sulfide) groups is 1. The van der Waals surface area contributed by atoms with E-state index in [1.54, 1.807) is 48.2 Å². The number of aryl methyl sites for hydroxylation is 1. The average Bonchev–Trinajstić information content (AvgIpc) is 2.99. The van der Waals surface area contributed by atoms with Crippen LogP contribution >= 0.6 is 23.4 Å². The van der Waals surface area contributed by atoms with Crippen molar-refractivity contribution in [3.8, 4) is 5.75 Å². The van der Waals surface area contributed by atoms with Crippen LogP contribution in [0.1, 0.15) is 47.8 Å². The molecule has 1 amide bonds. The van der Waals surface area contributed by atoms with Crippen LogP contribution in [0.5, 0.6) is 5.75 Å². The van der Waals surface area contributed by atoms with E-state index in [0.717, 1.165) is 47.2 Å². The molecule has 0 fully saturated rings. The van der Waals surface area contributed by atoms with Gasteiger partial charge in [0, 0.05) is 34.7 Å². The number of unbranched alkanes of at least 4 members (excludes halogenated alkanes) is 2. The summed E-state index contributed by atoms with van der Waals surface area (Å²) in [6.07, 6.45) is 5.22. The van der Waals surface area contributed by atoms with Gasteiger partial charge in [-0.1, -0.05) is 67.4 Å². The van der Waals surface area contributed by atoms with Crippen molar-refractivity contribution in [2.24, 2.45) is 0 Å². The fraction of sp³-hybridized carbons (Fsp3) is 0.265. The Morgan fingerprint density at radius 3 is 2.56 bits per heavy atom. The number of hydrogen-bond donors (Lipinski definition) is 3. The number of aromatic nitrogens is 1. The zero-order chi connectivity index (χ0) is 30.6. The first-order valence-electron chi connectivity index (χ1n) is 14.3. The number of para-hydroxylation sites is 1. The van der Waals surface area contributed by atoms with Crippen molar-refractivity contribution in [1.29, 1.82) is 0 Å². The summed E-state index contributed by atoms with van der Waals surface area (Å²) in [5, 5.41) is 17.1.